The first-order valence-electron chi connectivity index (χ1n) is 8.03. The van der Waals surface area contributed by atoms with Crippen LogP contribution in [0.15, 0.2) is 34.9 Å². The molecule has 1 N–H and O–H groups in total. The summed E-state index contributed by atoms with van der Waals surface area (Å²) in [5.41, 5.74) is -0.0245. The number of aliphatic hydroxyl groups is 1. The Bertz CT molecular complexity index is 649. The summed E-state index contributed by atoms with van der Waals surface area (Å²) < 4.78 is 10.8. The third-order valence-electron chi connectivity index (χ3n) is 4.69. The van der Waals surface area contributed by atoms with Crippen LogP contribution >= 0.6 is 0 Å². The van der Waals surface area contributed by atoms with Crippen molar-refractivity contribution in [3.63, 3.8) is 0 Å². The molecule has 3 rings (SSSR count). The summed E-state index contributed by atoms with van der Waals surface area (Å²) in [6.07, 6.45) is 3.76. The highest BCUT2D eigenvalue weighted by molar-refractivity contribution is 5.31. The van der Waals surface area contributed by atoms with Crippen LogP contribution in [0.4, 0.5) is 0 Å². The van der Waals surface area contributed by atoms with E-state index >= 15 is 0 Å². The lowest BCUT2D eigenvalue weighted by atomic mass is 9.86. The van der Waals surface area contributed by atoms with E-state index in [1.807, 2.05) is 38.1 Å². The number of hydrogen-bond acceptors (Lipinski definition) is 5. The molecule has 1 aliphatic heterocycles. The number of aryl methyl sites for hydroxylation is 1. The molecule has 1 aromatic carbocycles. The van der Waals surface area contributed by atoms with Gasteiger partial charge in [0, 0.05) is 6.04 Å². The van der Waals surface area contributed by atoms with Gasteiger partial charge in [-0.05, 0) is 50.9 Å². The van der Waals surface area contributed by atoms with Gasteiger partial charge in [-0.15, -0.1) is 0 Å². The number of nitrogens with zero attached hydrogens (tertiary/aromatic N) is 2. The van der Waals surface area contributed by atoms with Gasteiger partial charge < -0.3 is 14.3 Å². The average Bonchev–Trinajstić information content (AvgIpc) is 3.17. The summed E-state index contributed by atoms with van der Waals surface area (Å²) in [6.45, 7) is 5.35. The molecule has 5 nitrogen and oxygen atoms in total. The first-order chi connectivity index (χ1) is 11.0. The third kappa shape index (κ3) is 3.26. The minimum absolute atomic E-state index is 0.0445. The standard InChI is InChI=1S/C18H24N2O3/c1-13-11-19-17(23-13)12-20-10-4-5-16(20)18(2,21)14-6-8-15(22-3)9-7-14/h6-9,11,16,21H,4-5,10,12H2,1-3H3/t16-,18-/m0/s1. The molecule has 0 spiro atoms. The number of rotatable bonds is 5. The van der Waals surface area contributed by atoms with Gasteiger partial charge in [-0.1, -0.05) is 12.1 Å². The number of ether oxygens (including phenoxy) is 1. The summed E-state index contributed by atoms with van der Waals surface area (Å²) >= 11 is 0. The van der Waals surface area contributed by atoms with Crippen molar-refractivity contribution in [2.45, 2.75) is 44.9 Å². The van der Waals surface area contributed by atoms with Crippen molar-refractivity contribution in [1.29, 1.82) is 0 Å². The van der Waals surface area contributed by atoms with Crippen molar-refractivity contribution < 1.29 is 14.3 Å². The highest BCUT2D eigenvalue weighted by Crippen LogP contribution is 2.36. The smallest absolute Gasteiger partial charge is 0.208 e. The molecule has 1 aliphatic rings. The maximum atomic E-state index is 11.2. The molecule has 0 aliphatic carbocycles. The van der Waals surface area contributed by atoms with Crippen molar-refractivity contribution >= 4 is 0 Å². The van der Waals surface area contributed by atoms with Crippen LogP contribution in [0.5, 0.6) is 5.75 Å². The van der Waals surface area contributed by atoms with Crippen LogP contribution in [0.3, 0.4) is 0 Å². The molecule has 0 unspecified atom stereocenters. The number of benzene rings is 1. The van der Waals surface area contributed by atoms with Gasteiger partial charge in [0.25, 0.3) is 0 Å². The van der Waals surface area contributed by atoms with Gasteiger partial charge in [-0.25, -0.2) is 4.98 Å². The van der Waals surface area contributed by atoms with Gasteiger partial charge >= 0.3 is 0 Å². The Labute approximate surface area is 136 Å². The van der Waals surface area contributed by atoms with Gasteiger partial charge in [0.05, 0.1) is 19.9 Å². The molecule has 2 aromatic rings. The Morgan fingerprint density at radius 3 is 2.74 bits per heavy atom. The molecular weight excluding hydrogens is 292 g/mol. The van der Waals surface area contributed by atoms with E-state index in [1.165, 1.54) is 0 Å². The van der Waals surface area contributed by atoms with Crippen molar-refractivity contribution in [3.8, 4) is 5.75 Å². The fourth-order valence-corrected chi connectivity index (χ4v) is 3.42. The zero-order valence-corrected chi connectivity index (χ0v) is 14.0. The normalized spacial score (nSPS) is 21.3. The molecule has 0 bridgehead atoms. The summed E-state index contributed by atoms with van der Waals surface area (Å²) in [5, 5.41) is 11.2. The van der Waals surface area contributed by atoms with Gasteiger partial charge in [0.15, 0.2) is 0 Å². The van der Waals surface area contributed by atoms with E-state index in [0.717, 1.165) is 36.5 Å². The topological polar surface area (TPSA) is 58.7 Å². The fourth-order valence-electron chi connectivity index (χ4n) is 3.42. The molecule has 0 saturated carbocycles. The zero-order valence-electron chi connectivity index (χ0n) is 14.0. The summed E-state index contributed by atoms with van der Waals surface area (Å²) in [7, 11) is 1.64. The maximum Gasteiger partial charge on any atom is 0.208 e. The predicted molar refractivity (Wildman–Crippen MR) is 87.2 cm³/mol. The van der Waals surface area contributed by atoms with E-state index in [2.05, 4.69) is 9.88 Å². The molecule has 1 saturated heterocycles. The van der Waals surface area contributed by atoms with E-state index in [4.69, 9.17) is 9.15 Å². The van der Waals surface area contributed by atoms with E-state index in [1.54, 1.807) is 13.3 Å². The van der Waals surface area contributed by atoms with Crippen LogP contribution in [0.2, 0.25) is 0 Å². The van der Waals surface area contributed by atoms with E-state index in [9.17, 15) is 5.11 Å². The molecule has 2 heterocycles. The fraction of sp³-hybridized carbons (Fsp3) is 0.500. The molecule has 23 heavy (non-hydrogen) atoms. The van der Waals surface area contributed by atoms with E-state index < -0.39 is 5.60 Å². The molecule has 124 valence electrons. The molecule has 1 fully saturated rings. The van der Waals surface area contributed by atoms with Gasteiger partial charge in [-0.2, -0.15) is 0 Å². The van der Waals surface area contributed by atoms with Crippen molar-refractivity contribution in [2.75, 3.05) is 13.7 Å². The zero-order chi connectivity index (χ0) is 16.4. The third-order valence-corrected chi connectivity index (χ3v) is 4.69. The first kappa shape index (κ1) is 16.0. The minimum Gasteiger partial charge on any atom is -0.497 e. The van der Waals surface area contributed by atoms with Crippen LogP contribution in [0, 0.1) is 6.92 Å². The van der Waals surface area contributed by atoms with Gasteiger partial charge in [0.2, 0.25) is 5.89 Å². The highest BCUT2D eigenvalue weighted by atomic mass is 16.5. The minimum atomic E-state index is -0.926. The summed E-state index contributed by atoms with van der Waals surface area (Å²) in [4.78, 5) is 6.54. The lowest BCUT2D eigenvalue weighted by Gasteiger charge is -2.36. The van der Waals surface area contributed by atoms with Crippen LogP contribution in [0.1, 0.15) is 37.0 Å². The van der Waals surface area contributed by atoms with Crippen LogP contribution < -0.4 is 4.74 Å². The molecular formula is C18H24N2O3. The molecule has 5 heteroatoms. The van der Waals surface area contributed by atoms with E-state index in [-0.39, 0.29) is 6.04 Å². The molecule has 1 aromatic heterocycles. The predicted octanol–water partition coefficient (Wildman–Crippen LogP) is 2.86. The average molecular weight is 316 g/mol. The van der Waals surface area contributed by atoms with Crippen LogP contribution in [0.25, 0.3) is 0 Å². The Kier molecular flexibility index (Phi) is 4.41. The van der Waals surface area contributed by atoms with Gasteiger partial charge in [0.1, 0.15) is 17.1 Å². The summed E-state index contributed by atoms with van der Waals surface area (Å²) in [5.74, 6) is 2.32. The Balaban J connectivity index is 1.79. The van der Waals surface area contributed by atoms with Crippen LogP contribution in [-0.4, -0.2) is 34.7 Å². The first-order valence-corrected chi connectivity index (χ1v) is 8.03. The molecule has 0 radical (unpaired) electrons. The van der Waals surface area contributed by atoms with Crippen molar-refractivity contribution in [2.24, 2.45) is 0 Å². The lowest BCUT2D eigenvalue weighted by Crippen LogP contribution is -2.45. The lowest BCUT2D eigenvalue weighted by molar-refractivity contribution is -0.0274. The highest BCUT2D eigenvalue weighted by Gasteiger charge is 2.40. The second-order valence-corrected chi connectivity index (χ2v) is 6.37. The molecule has 2 atom stereocenters. The quantitative estimate of drug-likeness (QED) is 0.919. The number of aromatic nitrogens is 1. The summed E-state index contributed by atoms with van der Waals surface area (Å²) in [6, 6.07) is 7.69. The maximum absolute atomic E-state index is 11.2. The Morgan fingerprint density at radius 1 is 1.39 bits per heavy atom. The number of oxazole rings is 1. The van der Waals surface area contributed by atoms with Crippen molar-refractivity contribution in [3.05, 3.63) is 47.7 Å². The van der Waals surface area contributed by atoms with Crippen molar-refractivity contribution in [1.82, 2.24) is 9.88 Å². The van der Waals surface area contributed by atoms with E-state index in [0.29, 0.717) is 12.4 Å². The largest absolute Gasteiger partial charge is 0.497 e. The van der Waals surface area contributed by atoms with Gasteiger partial charge in [-0.3, -0.25) is 4.90 Å². The monoisotopic (exact) mass is 316 g/mol. The van der Waals surface area contributed by atoms with Crippen LogP contribution in [-0.2, 0) is 12.1 Å². The Hall–Kier alpha value is -1.85. The second kappa shape index (κ2) is 6.34. The molecule has 0 amide bonds. The SMILES string of the molecule is COc1ccc([C@](C)(O)[C@@H]2CCCN2Cc2ncc(C)o2)cc1. The number of likely N-dealkylation sites (tertiary alicyclic amines) is 1. The number of methoxy groups -OCH3 is 1. The Morgan fingerprint density at radius 2 is 2.13 bits per heavy atom. The number of hydrogen-bond donors (Lipinski definition) is 1. The second-order valence-electron chi connectivity index (χ2n) is 6.37.